The predicted octanol–water partition coefficient (Wildman–Crippen LogP) is 12.3. The first-order chi connectivity index (χ1) is 35.0. The average molecular weight is 867 g/mol. The van der Waals surface area contributed by atoms with Crippen molar-refractivity contribution in [1.29, 1.82) is 0 Å². The van der Waals surface area contributed by atoms with Crippen molar-refractivity contribution in [1.82, 2.24) is 0 Å². The minimum atomic E-state index is 0.554. The van der Waals surface area contributed by atoms with E-state index >= 15 is 0 Å². The lowest BCUT2D eigenvalue weighted by atomic mass is 9.36. The third-order valence-electron chi connectivity index (χ3n) is 32.9. The molecule has 26 unspecified atom stereocenters. The SMILES string of the molecule is C12=C3C4c5c6c7c8c9c5C3C3C5=C1C1c%10c%11c%12c%13c%14c%10-c%10c%15c%16c%17c%18c%10C1C2=C1C%18=C2C(=C6C6C7C7C%10c%18c%19c%20c%21c%22c%18C%18C%23C%22=C(C%13C%21C(=C%15%14)C%20C%16C%13=C%19C%10C6C2C%13%17)C%12C2C(=C5%11)C3=C9C(C8C%187)C2%23)C14. The van der Waals surface area contributed by atoms with Crippen LogP contribution in [-0.2, 0) is 0 Å². The van der Waals surface area contributed by atoms with E-state index in [1.807, 2.05) is 134 Å². The van der Waals surface area contributed by atoms with E-state index in [4.69, 9.17) is 0 Å². The molecule has 33 aliphatic rings. The quantitative estimate of drug-likeness (QED) is 0.145. The van der Waals surface area contributed by atoms with Crippen molar-refractivity contribution in [2.24, 2.45) is 71.0 Å². The minimum Gasteiger partial charge on any atom is -0.0495 e. The van der Waals surface area contributed by atoms with Crippen LogP contribution in [0.3, 0.4) is 0 Å². The minimum absolute atomic E-state index is 0.554. The average Bonchev–Trinajstić information content (AvgIpc) is 4.36. The van der Waals surface area contributed by atoms with Gasteiger partial charge >= 0.3 is 0 Å². The molecule has 37 rings (SSSR count). The summed E-state index contributed by atoms with van der Waals surface area (Å²) in [6.45, 7) is 0. The normalized spacial score (nSPS) is 56.6. The molecule has 3 saturated carbocycles. The van der Waals surface area contributed by atoms with Crippen LogP contribution in [0.4, 0.5) is 0 Å². The van der Waals surface area contributed by atoms with Gasteiger partial charge in [-0.15, -0.1) is 0 Å². The number of hydrogen-bond donors (Lipinski definition) is 0. The van der Waals surface area contributed by atoms with Crippen molar-refractivity contribution >= 4 is 39.0 Å². The van der Waals surface area contributed by atoms with Crippen molar-refractivity contribution in [2.45, 2.75) is 82.9 Å². The summed E-state index contributed by atoms with van der Waals surface area (Å²) in [6.07, 6.45) is 0. The fourth-order valence-electron chi connectivity index (χ4n) is 34.9. The van der Waals surface area contributed by atoms with Gasteiger partial charge in [-0.05, 0) is 328 Å². The van der Waals surface area contributed by atoms with Crippen molar-refractivity contribution in [3.63, 3.8) is 0 Å². The van der Waals surface area contributed by atoms with E-state index in [-0.39, 0.29) is 0 Å². The molecule has 0 bridgehead atoms. The molecule has 33 aliphatic carbocycles. The predicted molar refractivity (Wildman–Crippen MR) is 254 cm³/mol. The highest BCUT2D eigenvalue weighted by molar-refractivity contribution is 6.24. The molecule has 26 atom stereocenters. The van der Waals surface area contributed by atoms with Crippen molar-refractivity contribution < 1.29 is 0 Å². The summed E-state index contributed by atoms with van der Waals surface area (Å²) < 4.78 is 0. The Kier molecular flexibility index (Phi) is 2.19. The number of rotatable bonds is 0. The molecule has 4 aromatic rings. The summed E-state index contributed by atoms with van der Waals surface area (Å²) in [5.74, 6) is 18.4. The van der Waals surface area contributed by atoms with E-state index < -0.39 is 0 Å². The lowest BCUT2D eigenvalue weighted by Gasteiger charge is -2.66. The molecule has 0 spiro atoms. The van der Waals surface area contributed by atoms with Crippen LogP contribution in [0.25, 0.3) is 50.1 Å². The maximum Gasteiger partial charge on any atom is 0.0221 e. The van der Waals surface area contributed by atoms with Gasteiger partial charge < -0.3 is 0 Å². The van der Waals surface area contributed by atoms with E-state index in [2.05, 4.69) is 111 Å². The summed E-state index contributed by atoms with van der Waals surface area (Å²) in [4.78, 5) is 0. The van der Waals surface area contributed by atoms with E-state index in [0.29, 0.717) is 71.0 Å². The Bertz CT molecular complexity index is 4900. The van der Waals surface area contributed by atoms with Gasteiger partial charge in [0.2, 0.25) is 0 Å². The molecule has 306 valence electrons. The molecule has 0 radical (unpaired) electrons. The second-order valence-electron chi connectivity index (χ2n) is 31.1. The zero-order valence-corrected chi connectivity index (χ0v) is 37.0. The molecular formula is C70H26. The highest BCUT2D eigenvalue weighted by Gasteiger charge is 2.87. The Morgan fingerprint density at radius 3 is 1.00 bits per heavy atom. The molecule has 3 fully saturated rings. The van der Waals surface area contributed by atoms with Crippen LogP contribution in [0.2, 0.25) is 0 Å². The largest absolute Gasteiger partial charge is 0.0495 e. The van der Waals surface area contributed by atoms with Gasteiger partial charge in [-0.25, -0.2) is 0 Å². The molecular weight excluding hydrogens is 841 g/mol. The van der Waals surface area contributed by atoms with Gasteiger partial charge in [-0.1, -0.05) is 0 Å². The van der Waals surface area contributed by atoms with Gasteiger partial charge in [0, 0.05) is 71.0 Å². The third-order valence-corrected chi connectivity index (χ3v) is 32.9. The summed E-state index contributed by atoms with van der Waals surface area (Å²) >= 11 is 0. The molecule has 4 aromatic carbocycles. The second kappa shape index (κ2) is 5.88. The van der Waals surface area contributed by atoms with Gasteiger partial charge in [-0.3, -0.25) is 0 Å². The Labute approximate surface area is 396 Å². The molecule has 0 amide bonds. The van der Waals surface area contributed by atoms with Crippen LogP contribution in [-0.4, -0.2) is 0 Å². The van der Waals surface area contributed by atoms with E-state index in [9.17, 15) is 0 Å². The smallest absolute Gasteiger partial charge is 0.0221 e. The molecule has 0 nitrogen and oxygen atoms in total. The standard InChI is InChI=1S/C70H26/c1-2-22-5-6-24-13-14-26-11-9-23-4-3(21(1)51-52(22)54(24)55(26)53(23)51)33-31(1)61-35-7-8-27-15-16-29-19-20-30-18-17-28-12-10(25(7)56-57(27)59(29)60(30)58(28)56)37(35)63(33)65-36(4)40(9)67(44(17)42(12)65)69-46(11)47(14)70(50(20)49(18)69)68-43(13)39(6)66(45(16)48(19)68)64-34(5)32(2)62(61)38(8)41(15)64/h21,24-25,29,32,34,36-37,40,42,44,46-51,54,56,59,63,65,67-70H. The Morgan fingerprint density at radius 2 is 0.514 bits per heavy atom. The van der Waals surface area contributed by atoms with Crippen LogP contribution < -0.4 is 0 Å². The monoisotopic (exact) mass is 866 g/mol. The van der Waals surface area contributed by atoms with Crippen molar-refractivity contribution in [3.8, 4) is 11.1 Å². The maximum atomic E-state index is 2.14. The van der Waals surface area contributed by atoms with Crippen LogP contribution in [0.15, 0.2) is 72.5 Å². The van der Waals surface area contributed by atoms with Crippen molar-refractivity contribution in [3.05, 3.63) is 195 Å². The Morgan fingerprint density at radius 1 is 0.143 bits per heavy atom. The second-order valence-corrected chi connectivity index (χ2v) is 31.1. The first-order valence-corrected chi connectivity index (χ1v) is 29.4. The fraction of sp³-hybridized carbons (Fsp3) is 0.371. The lowest BCUT2D eigenvalue weighted by Crippen LogP contribution is -2.59. The summed E-state index contributed by atoms with van der Waals surface area (Å²) in [5.41, 5.74) is 89.6. The van der Waals surface area contributed by atoms with Crippen LogP contribution in [0.1, 0.15) is 205 Å². The Balaban J connectivity index is 0.989. The summed E-state index contributed by atoms with van der Waals surface area (Å²) in [6, 6.07) is 0. The maximum absolute atomic E-state index is 2.14. The van der Waals surface area contributed by atoms with Gasteiger partial charge in [0.25, 0.3) is 0 Å². The van der Waals surface area contributed by atoms with Crippen molar-refractivity contribution in [2.75, 3.05) is 0 Å². The number of allylic oxidation sites excluding steroid dienone is 19. The molecule has 70 heavy (non-hydrogen) atoms. The lowest BCUT2D eigenvalue weighted by molar-refractivity contribution is -0.0354. The number of benzene rings is 4. The van der Waals surface area contributed by atoms with E-state index in [1.54, 1.807) is 0 Å². The highest BCUT2D eigenvalue weighted by Crippen LogP contribution is 3.00. The van der Waals surface area contributed by atoms with E-state index in [0.717, 1.165) is 82.9 Å². The molecule has 0 N–H and O–H groups in total. The van der Waals surface area contributed by atoms with Crippen LogP contribution >= 0.6 is 0 Å². The Hall–Kier alpha value is -5.72. The molecule has 0 aromatic heterocycles. The zero-order valence-electron chi connectivity index (χ0n) is 37.0. The third kappa shape index (κ3) is 1.36. The molecule has 0 heteroatoms. The zero-order chi connectivity index (χ0) is 40.4. The van der Waals surface area contributed by atoms with Gasteiger partial charge in [-0.2, -0.15) is 0 Å². The number of hydrogen-bond acceptors (Lipinski definition) is 0. The topological polar surface area (TPSA) is 0 Å². The highest BCUT2D eigenvalue weighted by atomic mass is 14.9. The molecule has 0 saturated heterocycles. The van der Waals surface area contributed by atoms with Gasteiger partial charge in [0.1, 0.15) is 0 Å². The van der Waals surface area contributed by atoms with Gasteiger partial charge in [0.05, 0.1) is 0 Å². The fourth-order valence-corrected chi connectivity index (χ4v) is 34.9. The molecule has 0 heterocycles. The van der Waals surface area contributed by atoms with Gasteiger partial charge in [0.15, 0.2) is 0 Å². The first-order valence-electron chi connectivity index (χ1n) is 29.4. The summed E-state index contributed by atoms with van der Waals surface area (Å²) in [7, 11) is 0. The summed E-state index contributed by atoms with van der Waals surface area (Å²) in [5, 5.41) is 0. The van der Waals surface area contributed by atoms with Crippen LogP contribution in [0, 0.1) is 71.0 Å². The first kappa shape index (κ1) is 26.1. The van der Waals surface area contributed by atoms with Crippen LogP contribution in [0.5, 0.6) is 0 Å². The van der Waals surface area contributed by atoms with E-state index in [1.165, 1.54) is 0 Å². The molecule has 0 aliphatic heterocycles.